The number of H-pyrrole nitrogens is 2. The third-order valence-corrected chi connectivity index (χ3v) is 6.67. The second kappa shape index (κ2) is 7.27. The molecule has 4 aromatic rings. The van der Waals surface area contributed by atoms with Crippen LogP contribution in [0.15, 0.2) is 62.5 Å². The van der Waals surface area contributed by atoms with Crippen molar-refractivity contribution in [3.8, 4) is 0 Å². The molecule has 0 saturated carbocycles. The zero-order chi connectivity index (χ0) is 22.7. The quantitative estimate of drug-likeness (QED) is 0.359. The van der Waals surface area contributed by atoms with Crippen LogP contribution in [0.25, 0.3) is 11.0 Å². The Morgan fingerprint density at radius 3 is 2.88 bits per heavy atom. The number of nitrogens with one attached hydrogen (secondary N) is 3. The minimum Gasteiger partial charge on any atom is -0.453 e. The van der Waals surface area contributed by atoms with Crippen molar-refractivity contribution in [1.29, 1.82) is 0 Å². The van der Waals surface area contributed by atoms with Gasteiger partial charge < -0.3 is 14.7 Å². The van der Waals surface area contributed by atoms with Crippen molar-refractivity contribution in [3.05, 3.63) is 64.7 Å². The molecule has 11 heteroatoms. The number of aromatic nitrogens is 4. The molecule has 1 unspecified atom stereocenters. The van der Waals surface area contributed by atoms with Gasteiger partial charge in [0.15, 0.2) is 21.8 Å². The predicted molar refractivity (Wildman–Crippen MR) is 114 cm³/mol. The molecule has 1 atom stereocenters. The number of carbonyl (C=O) groups is 1. The van der Waals surface area contributed by atoms with E-state index in [1.807, 2.05) is 6.07 Å². The van der Waals surface area contributed by atoms with Gasteiger partial charge in [-0.1, -0.05) is 0 Å². The molecule has 4 heterocycles. The zero-order valence-electron chi connectivity index (χ0n) is 16.9. The smallest absolute Gasteiger partial charge is 0.416 e. The molecule has 1 aliphatic heterocycles. The lowest BCUT2D eigenvalue weighted by Gasteiger charge is -2.30. The Bertz CT molecular complexity index is 1430. The number of alkyl halides is 3. The average molecular weight is 471 g/mol. The van der Waals surface area contributed by atoms with Crippen LogP contribution < -0.4 is 5.32 Å². The number of aromatic amines is 2. The number of carbonyl (C=O) groups excluding carboxylic acids is 1. The maximum atomic E-state index is 13.0. The fourth-order valence-electron chi connectivity index (χ4n) is 4.39. The number of ketones is 1. The number of benzene rings is 1. The van der Waals surface area contributed by atoms with Gasteiger partial charge >= 0.3 is 6.18 Å². The fraction of sp³-hybridized carbons (Fsp3) is 0.227. The first-order chi connectivity index (χ1) is 15.9. The number of furan rings is 1. The van der Waals surface area contributed by atoms with Crippen molar-refractivity contribution in [3.63, 3.8) is 0 Å². The van der Waals surface area contributed by atoms with Crippen molar-refractivity contribution in [1.82, 2.24) is 20.2 Å². The molecule has 7 nitrogen and oxygen atoms in total. The third-order valence-electron chi connectivity index (χ3n) is 5.87. The first-order valence-corrected chi connectivity index (χ1v) is 11.1. The molecular weight excluding hydrogens is 455 g/mol. The number of hydrogen-bond donors (Lipinski definition) is 3. The van der Waals surface area contributed by atoms with Crippen LogP contribution in [-0.2, 0) is 11.0 Å². The lowest BCUT2D eigenvalue weighted by Crippen LogP contribution is -2.26. The topological polar surface area (TPSA) is 99.6 Å². The highest BCUT2D eigenvalue weighted by Crippen LogP contribution is 2.45. The molecule has 168 valence electrons. The van der Waals surface area contributed by atoms with Crippen LogP contribution in [0, 0.1) is 0 Å². The number of allylic oxidation sites excluding steroid dienone is 2. The molecule has 3 aromatic heterocycles. The number of nitrogens with zero attached hydrogens (tertiary/aromatic N) is 2. The van der Waals surface area contributed by atoms with E-state index in [1.54, 1.807) is 12.3 Å². The average Bonchev–Trinajstić information content (AvgIpc) is 3.50. The van der Waals surface area contributed by atoms with Crippen LogP contribution in [0.3, 0.4) is 0 Å². The van der Waals surface area contributed by atoms with Gasteiger partial charge in [0.2, 0.25) is 0 Å². The van der Waals surface area contributed by atoms with Gasteiger partial charge in [0.1, 0.15) is 5.76 Å². The lowest BCUT2D eigenvalue weighted by molar-refractivity contribution is -0.137. The predicted octanol–water partition coefficient (Wildman–Crippen LogP) is 5.61. The van der Waals surface area contributed by atoms with Crippen LogP contribution in [-0.4, -0.2) is 25.9 Å². The molecule has 0 fully saturated rings. The number of Topliss-reactive ketones (excluding diaryl/α,β-unsaturated/α-hetero) is 1. The van der Waals surface area contributed by atoms with Crippen molar-refractivity contribution in [2.24, 2.45) is 0 Å². The van der Waals surface area contributed by atoms with Crippen molar-refractivity contribution in [2.75, 3.05) is 5.32 Å². The van der Waals surface area contributed by atoms with Crippen molar-refractivity contribution >= 4 is 34.4 Å². The van der Waals surface area contributed by atoms with Gasteiger partial charge in [-0.25, -0.2) is 4.98 Å². The van der Waals surface area contributed by atoms with Gasteiger partial charge in [0.05, 0.1) is 22.5 Å². The van der Waals surface area contributed by atoms with Gasteiger partial charge in [-0.3, -0.25) is 9.89 Å². The minimum atomic E-state index is -4.43. The normalized spacial score (nSPS) is 18.4. The number of halogens is 3. The summed E-state index contributed by atoms with van der Waals surface area (Å²) in [5, 5.41) is 11.3. The SMILES string of the molecule is O=C1CCCC2=C1C(c1ccc(Sc3nc4cc(C(F)(F)F)ccc4[nH]3)o1)c1c[nH]nc1N2. The summed E-state index contributed by atoms with van der Waals surface area (Å²) in [6, 6.07) is 6.98. The molecular formula is C22H16F3N5O2S. The third kappa shape index (κ3) is 3.43. The second-order valence-electron chi connectivity index (χ2n) is 7.95. The van der Waals surface area contributed by atoms with E-state index in [0.717, 1.165) is 36.2 Å². The maximum Gasteiger partial charge on any atom is 0.416 e. The Kier molecular flexibility index (Phi) is 4.44. The molecule has 33 heavy (non-hydrogen) atoms. The number of fused-ring (bicyclic) bond motifs is 2. The largest absolute Gasteiger partial charge is 0.453 e. The molecule has 0 saturated heterocycles. The molecule has 0 amide bonds. The summed E-state index contributed by atoms with van der Waals surface area (Å²) in [5.41, 5.74) is 2.38. The Morgan fingerprint density at radius 2 is 2.03 bits per heavy atom. The Morgan fingerprint density at radius 1 is 1.15 bits per heavy atom. The van der Waals surface area contributed by atoms with E-state index in [0.29, 0.717) is 39.3 Å². The van der Waals surface area contributed by atoms with Crippen molar-refractivity contribution < 1.29 is 22.4 Å². The first-order valence-electron chi connectivity index (χ1n) is 10.3. The molecule has 0 bridgehead atoms. The second-order valence-corrected chi connectivity index (χ2v) is 8.94. The summed E-state index contributed by atoms with van der Waals surface area (Å²) in [4.78, 5) is 20.0. The summed E-state index contributed by atoms with van der Waals surface area (Å²) in [5.74, 6) is 0.989. The van der Waals surface area contributed by atoms with Crippen LogP contribution in [0.2, 0.25) is 0 Å². The maximum absolute atomic E-state index is 13.0. The van der Waals surface area contributed by atoms with Gasteiger partial charge in [0, 0.05) is 29.5 Å². The van der Waals surface area contributed by atoms with Crippen LogP contribution in [0.4, 0.5) is 19.0 Å². The van der Waals surface area contributed by atoms with Gasteiger partial charge in [0.25, 0.3) is 0 Å². The molecule has 3 N–H and O–H groups in total. The monoisotopic (exact) mass is 471 g/mol. The number of imidazole rings is 1. The Balaban J connectivity index is 1.32. The number of rotatable bonds is 3. The zero-order valence-corrected chi connectivity index (χ0v) is 17.7. The molecule has 0 radical (unpaired) electrons. The fourth-order valence-corrected chi connectivity index (χ4v) is 5.16. The highest BCUT2D eigenvalue weighted by molar-refractivity contribution is 7.99. The van der Waals surface area contributed by atoms with E-state index in [9.17, 15) is 18.0 Å². The molecule has 0 spiro atoms. The first kappa shape index (κ1) is 20.2. The van der Waals surface area contributed by atoms with E-state index in [1.165, 1.54) is 17.8 Å². The van der Waals surface area contributed by atoms with Crippen LogP contribution >= 0.6 is 11.8 Å². The lowest BCUT2D eigenvalue weighted by atomic mass is 9.79. The molecule has 1 aliphatic carbocycles. The standard InChI is InChI=1S/C22H16F3N5O2S/c23-22(24,25)10-4-5-12-14(8-10)29-21(28-12)33-17-7-6-16(32-17)18-11-9-26-30-20(11)27-13-2-1-3-15(31)19(13)18/h4-9,18H,1-3H2,(H,28,29)(H2,26,27,30). The summed E-state index contributed by atoms with van der Waals surface area (Å²) >= 11 is 1.17. The Hall–Kier alpha value is -3.47. The van der Waals surface area contributed by atoms with Crippen molar-refractivity contribution in [2.45, 2.75) is 41.6 Å². The van der Waals surface area contributed by atoms with Gasteiger partial charge in [-0.2, -0.15) is 18.3 Å². The van der Waals surface area contributed by atoms with E-state index in [4.69, 9.17) is 4.42 Å². The van der Waals surface area contributed by atoms with E-state index in [2.05, 4.69) is 25.5 Å². The summed E-state index contributed by atoms with van der Waals surface area (Å²) in [6.45, 7) is 0. The summed E-state index contributed by atoms with van der Waals surface area (Å²) < 4.78 is 45.0. The van der Waals surface area contributed by atoms with Crippen LogP contribution in [0.1, 0.15) is 42.1 Å². The van der Waals surface area contributed by atoms with E-state index >= 15 is 0 Å². The summed E-state index contributed by atoms with van der Waals surface area (Å²) in [7, 11) is 0. The highest BCUT2D eigenvalue weighted by Gasteiger charge is 2.38. The highest BCUT2D eigenvalue weighted by atomic mass is 32.2. The van der Waals surface area contributed by atoms with Gasteiger partial charge in [-0.05, 0) is 54.9 Å². The van der Waals surface area contributed by atoms with E-state index in [-0.39, 0.29) is 17.2 Å². The number of anilines is 1. The van der Waals surface area contributed by atoms with Gasteiger partial charge in [-0.15, -0.1) is 0 Å². The Labute approximate surface area is 188 Å². The molecule has 1 aromatic carbocycles. The molecule has 6 rings (SSSR count). The molecule has 2 aliphatic rings. The van der Waals surface area contributed by atoms with E-state index < -0.39 is 11.7 Å². The van der Waals surface area contributed by atoms with Crippen LogP contribution in [0.5, 0.6) is 0 Å². The summed E-state index contributed by atoms with van der Waals surface area (Å²) in [6.07, 6.45) is -0.623. The minimum absolute atomic E-state index is 0.0870. The number of hydrogen-bond acceptors (Lipinski definition) is 6.